The Balaban J connectivity index is 1.33. The molecule has 0 aromatic heterocycles. The first kappa shape index (κ1) is 26.7. The van der Waals surface area contributed by atoms with Gasteiger partial charge in [-0.3, -0.25) is 14.5 Å². The number of likely N-dealkylation sites (tertiary alicyclic amines) is 1. The van der Waals surface area contributed by atoms with Gasteiger partial charge in [0.05, 0.1) is 6.04 Å². The van der Waals surface area contributed by atoms with Crippen molar-refractivity contribution in [3.63, 3.8) is 0 Å². The Kier molecular flexibility index (Phi) is 7.29. The molecule has 7 atom stereocenters. The van der Waals surface area contributed by atoms with Gasteiger partial charge in [-0.1, -0.05) is 26.8 Å². The minimum atomic E-state index is -1.41. The number of carbonyl (C=O) groups excluding carboxylic acids is 2. The molecule has 0 radical (unpaired) electrons. The van der Waals surface area contributed by atoms with Crippen molar-refractivity contribution in [1.29, 1.82) is 0 Å². The molecule has 2 saturated carbocycles. The average molecular weight is 505 g/mol. The monoisotopic (exact) mass is 504 g/mol. The molecule has 5 N–H and O–H groups in total. The minimum absolute atomic E-state index is 0.0406. The summed E-state index contributed by atoms with van der Waals surface area (Å²) < 4.78 is 6.07. The summed E-state index contributed by atoms with van der Waals surface area (Å²) in [5, 5.41) is 43.0. The van der Waals surface area contributed by atoms with Crippen molar-refractivity contribution in [2.24, 2.45) is 16.7 Å². The first-order chi connectivity index (χ1) is 16.8. The van der Waals surface area contributed by atoms with Crippen LogP contribution in [0.1, 0.15) is 65.4 Å². The maximum atomic E-state index is 13.2. The summed E-state index contributed by atoms with van der Waals surface area (Å²) in [7, 11) is 0. The summed E-state index contributed by atoms with van der Waals surface area (Å²) in [6.45, 7) is 8.90. The third-order valence-electron chi connectivity index (χ3n) is 9.47. The summed E-state index contributed by atoms with van der Waals surface area (Å²) in [5.41, 5.74) is 0.563. The fourth-order valence-electron chi connectivity index (χ4n) is 6.58. The van der Waals surface area contributed by atoms with Gasteiger partial charge in [0.25, 0.3) is 0 Å². The number of nitrogens with zero attached hydrogens (tertiary/aromatic N) is 1. The zero-order chi connectivity index (χ0) is 26.4. The molecule has 2 bridgehead atoms. The van der Waals surface area contributed by atoms with Crippen LogP contribution in [0.4, 0.5) is 0 Å². The van der Waals surface area contributed by atoms with Crippen molar-refractivity contribution >= 4 is 11.9 Å². The second-order valence-corrected chi connectivity index (χ2v) is 11.7. The van der Waals surface area contributed by atoms with Gasteiger partial charge in [0, 0.05) is 18.4 Å². The lowest BCUT2D eigenvalue weighted by Crippen LogP contribution is -2.55. The summed E-state index contributed by atoms with van der Waals surface area (Å²) in [5.74, 6) is -1.06. The Bertz CT molecular complexity index is 998. The highest BCUT2D eigenvalue weighted by Gasteiger charge is 2.63. The Morgan fingerprint density at radius 3 is 2.50 bits per heavy atom. The molecule has 200 valence electrons. The summed E-state index contributed by atoms with van der Waals surface area (Å²) in [6, 6.07) is 2.75. The van der Waals surface area contributed by atoms with E-state index in [1.54, 1.807) is 11.8 Å². The molecule has 0 spiro atoms. The van der Waals surface area contributed by atoms with Crippen LogP contribution in [0, 0.1) is 16.7 Å². The van der Waals surface area contributed by atoms with Gasteiger partial charge in [0.15, 0.2) is 11.5 Å². The number of amides is 1. The normalized spacial score (nSPS) is 31.7. The molecule has 1 aromatic carbocycles. The van der Waals surface area contributed by atoms with Crippen LogP contribution < -0.4 is 5.32 Å². The standard InChI is InChI=1S/C27H40N2O7/c1-15(28-23(33)21(32)13-16-7-8-19(30)20(31)12-16)24(34)29-11-5-6-18(29)25(35)36-22-14-17-9-10-27(22,4)26(17,2)3/h7-8,12,15,17-18,21-22,24,30-32,34H,5-6,9-11,13-14H2,1-4H3,(H,28,33)/t15-,17?,18-,21-,22?,24?,27?/m0/s1. The van der Waals surface area contributed by atoms with Gasteiger partial charge in [-0.2, -0.15) is 0 Å². The van der Waals surface area contributed by atoms with Gasteiger partial charge in [-0.15, -0.1) is 0 Å². The van der Waals surface area contributed by atoms with Crippen molar-refractivity contribution in [2.75, 3.05) is 6.54 Å². The van der Waals surface area contributed by atoms with Crippen molar-refractivity contribution in [3.05, 3.63) is 23.8 Å². The number of fused-ring (bicyclic) bond motifs is 2. The van der Waals surface area contributed by atoms with E-state index in [9.17, 15) is 30.0 Å². The van der Waals surface area contributed by atoms with Crippen LogP contribution in [0.2, 0.25) is 0 Å². The van der Waals surface area contributed by atoms with Crippen LogP contribution in [0.3, 0.4) is 0 Å². The molecule has 4 rings (SSSR count). The number of rotatable bonds is 8. The van der Waals surface area contributed by atoms with Crippen molar-refractivity contribution in [2.45, 2.75) is 96.7 Å². The summed E-state index contributed by atoms with van der Waals surface area (Å²) >= 11 is 0. The maximum absolute atomic E-state index is 13.2. The second-order valence-electron chi connectivity index (χ2n) is 11.7. The highest BCUT2D eigenvalue weighted by Crippen LogP contribution is 2.66. The largest absolute Gasteiger partial charge is 0.504 e. The van der Waals surface area contributed by atoms with Crippen molar-refractivity contribution in [1.82, 2.24) is 10.2 Å². The van der Waals surface area contributed by atoms with Gasteiger partial charge >= 0.3 is 5.97 Å². The number of carbonyl (C=O) groups is 2. The fraction of sp³-hybridized carbons (Fsp3) is 0.704. The first-order valence-electron chi connectivity index (χ1n) is 13.0. The first-order valence-corrected chi connectivity index (χ1v) is 13.0. The highest BCUT2D eigenvalue weighted by atomic mass is 16.5. The predicted octanol–water partition coefficient (Wildman–Crippen LogP) is 2.05. The Morgan fingerprint density at radius 2 is 1.89 bits per heavy atom. The van der Waals surface area contributed by atoms with Crippen LogP contribution in [0.5, 0.6) is 11.5 Å². The van der Waals surface area contributed by atoms with E-state index in [1.807, 2.05) is 0 Å². The number of hydrogen-bond acceptors (Lipinski definition) is 8. The third-order valence-corrected chi connectivity index (χ3v) is 9.47. The Morgan fingerprint density at radius 1 is 1.17 bits per heavy atom. The molecule has 9 nitrogen and oxygen atoms in total. The molecule has 3 aliphatic rings. The molecule has 1 amide bonds. The van der Waals surface area contributed by atoms with E-state index in [2.05, 4.69) is 26.1 Å². The topological polar surface area (TPSA) is 140 Å². The maximum Gasteiger partial charge on any atom is 0.323 e. The number of benzene rings is 1. The number of aliphatic hydroxyl groups is 2. The van der Waals surface area contributed by atoms with E-state index in [1.165, 1.54) is 24.6 Å². The molecule has 9 heteroatoms. The molecule has 1 heterocycles. The van der Waals surface area contributed by atoms with E-state index in [-0.39, 0.29) is 40.8 Å². The highest BCUT2D eigenvalue weighted by molar-refractivity contribution is 5.81. The van der Waals surface area contributed by atoms with Crippen LogP contribution in [0.25, 0.3) is 0 Å². The van der Waals surface area contributed by atoms with Gasteiger partial charge in [-0.25, -0.2) is 0 Å². The number of esters is 1. The van der Waals surface area contributed by atoms with Crippen LogP contribution >= 0.6 is 0 Å². The van der Waals surface area contributed by atoms with Gasteiger partial charge < -0.3 is 30.5 Å². The number of phenols is 2. The zero-order valence-corrected chi connectivity index (χ0v) is 21.6. The fourth-order valence-corrected chi connectivity index (χ4v) is 6.58. The van der Waals surface area contributed by atoms with Gasteiger partial charge in [0.1, 0.15) is 24.5 Å². The quantitative estimate of drug-likeness (QED) is 0.268. The summed E-state index contributed by atoms with van der Waals surface area (Å²) in [6.07, 6.45) is 1.70. The smallest absolute Gasteiger partial charge is 0.323 e. The van der Waals surface area contributed by atoms with Gasteiger partial charge in [0.2, 0.25) is 5.91 Å². The number of hydrogen-bond donors (Lipinski definition) is 5. The van der Waals surface area contributed by atoms with E-state index in [0.717, 1.165) is 19.3 Å². The van der Waals surface area contributed by atoms with Crippen LogP contribution in [-0.2, 0) is 20.7 Å². The number of aliphatic hydroxyl groups excluding tert-OH is 2. The lowest BCUT2D eigenvalue weighted by molar-refractivity contribution is -0.166. The SMILES string of the molecule is C[C@H](NC(=O)[C@@H](O)Cc1ccc(O)c(O)c1)C(O)N1CCC[C@H]1C(=O)OC1CC2CCC1(C)C2(C)C. The van der Waals surface area contributed by atoms with E-state index in [4.69, 9.17) is 4.74 Å². The summed E-state index contributed by atoms with van der Waals surface area (Å²) in [4.78, 5) is 27.4. The molecule has 2 aliphatic carbocycles. The number of ether oxygens (including phenoxy) is 1. The van der Waals surface area contributed by atoms with Crippen LogP contribution in [0.15, 0.2) is 18.2 Å². The lowest BCUT2D eigenvalue weighted by Gasteiger charge is -2.39. The molecule has 4 unspecified atom stereocenters. The number of aromatic hydroxyl groups is 2. The van der Waals surface area contributed by atoms with E-state index in [0.29, 0.717) is 24.4 Å². The zero-order valence-electron chi connectivity index (χ0n) is 21.6. The Hall–Kier alpha value is -2.36. The molecular formula is C27H40N2O7. The predicted molar refractivity (Wildman–Crippen MR) is 132 cm³/mol. The average Bonchev–Trinajstić information content (AvgIpc) is 3.44. The number of nitrogens with one attached hydrogen (secondary N) is 1. The third kappa shape index (κ3) is 4.68. The van der Waals surface area contributed by atoms with Gasteiger partial charge in [-0.05, 0) is 68.1 Å². The Labute approximate surface area is 212 Å². The molecule has 1 saturated heterocycles. The molecule has 1 aromatic rings. The van der Waals surface area contributed by atoms with E-state index < -0.39 is 30.3 Å². The van der Waals surface area contributed by atoms with E-state index >= 15 is 0 Å². The minimum Gasteiger partial charge on any atom is -0.504 e. The molecular weight excluding hydrogens is 464 g/mol. The molecule has 1 aliphatic heterocycles. The van der Waals surface area contributed by atoms with Crippen LogP contribution in [-0.4, -0.2) is 74.3 Å². The molecule has 36 heavy (non-hydrogen) atoms. The second kappa shape index (κ2) is 9.84. The lowest BCUT2D eigenvalue weighted by atomic mass is 9.70. The molecule has 3 fully saturated rings. The number of phenolic OH excluding ortho intramolecular Hbond substituents is 2. The van der Waals surface area contributed by atoms with Crippen molar-refractivity contribution < 1.29 is 34.8 Å². The van der Waals surface area contributed by atoms with Crippen molar-refractivity contribution in [3.8, 4) is 11.5 Å².